The maximum atomic E-state index is 13.3. The fourth-order valence-electron chi connectivity index (χ4n) is 4.81. The van der Waals surface area contributed by atoms with Crippen LogP contribution in [0.1, 0.15) is 41.0 Å². The van der Waals surface area contributed by atoms with Crippen LogP contribution in [-0.2, 0) is 11.8 Å². The van der Waals surface area contributed by atoms with E-state index < -0.39 is 0 Å². The van der Waals surface area contributed by atoms with Crippen LogP contribution in [-0.4, -0.2) is 52.9 Å². The van der Waals surface area contributed by atoms with Crippen molar-refractivity contribution in [1.82, 2.24) is 19.9 Å². The third-order valence-corrected chi connectivity index (χ3v) is 6.34. The van der Waals surface area contributed by atoms with Gasteiger partial charge in [0.05, 0.1) is 5.69 Å². The molecule has 6 heteroatoms. The average molecular weight is 387 g/mol. The predicted molar refractivity (Wildman–Crippen MR) is 113 cm³/mol. The van der Waals surface area contributed by atoms with Crippen molar-refractivity contribution in [3.8, 4) is 0 Å². The van der Waals surface area contributed by atoms with Gasteiger partial charge in [0, 0.05) is 50.4 Å². The van der Waals surface area contributed by atoms with E-state index >= 15 is 0 Å². The van der Waals surface area contributed by atoms with Crippen molar-refractivity contribution in [2.45, 2.75) is 31.1 Å². The van der Waals surface area contributed by atoms with E-state index in [9.17, 15) is 4.79 Å². The molecule has 1 fully saturated rings. The zero-order valence-electron chi connectivity index (χ0n) is 16.9. The quantitative estimate of drug-likeness (QED) is 0.676. The summed E-state index contributed by atoms with van der Waals surface area (Å²) in [6.07, 6.45) is 7.84. The zero-order chi connectivity index (χ0) is 20.0. The highest BCUT2D eigenvalue weighted by Gasteiger charge is 2.45. The highest BCUT2D eigenvalue weighted by Crippen LogP contribution is 2.44. The Morgan fingerprint density at radius 3 is 2.76 bits per heavy atom. The molecule has 0 radical (unpaired) electrons. The highest BCUT2D eigenvalue weighted by atomic mass is 16.2. The van der Waals surface area contributed by atoms with E-state index in [4.69, 9.17) is 4.98 Å². The van der Waals surface area contributed by atoms with Gasteiger partial charge in [-0.3, -0.25) is 9.78 Å². The van der Waals surface area contributed by atoms with Gasteiger partial charge in [0.2, 0.25) is 5.95 Å². The van der Waals surface area contributed by atoms with Crippen molar-refractivity contribution in [2.24, 2.45) is 0 Å². The van der Waals surface area contributed by atoms with Gasteiger partial charge in [0.15, 0.2) is 0 Å². The molecule has 3 heterocycles. The number of benzene rings is 1. The summed E-state index contributed by atoms with van der Waals surface area (Å²) in [4.78, 5) is 31.1. The number of rotatable bonds is 2. The number of likely N-dealkylation sites (tertiary alicyclic amines) is 1. The fraction of sp³-hybridized carbons (Fsp3) is 0.391. The van der Waals surface area contributed by atoms with Crippen molar-refractivity contribution >= 4 is 22.6 Å². The van der Waals surface area contributed by atoms with Crippen molar-refractivity contribution < 1.29 is 4.79 Å². The summed E-state index contributed by atoms with van der Waals surface area (Å²) in [5.41, 5.74) is 2.83. The van der Waals surface area contributed by atoms with Crippen LogP contribution in [0.25, 0.3) is 10.8 Å². The van der Waals surface area contributed by atoms with Crippen LogP contribution in [0.3, 0.4) is 0 Å². The van der Waals surface area contributed by atoms with E-state index in [1.54, 1.807) is 6.20 Å². The lowest BCUT2D eigenvalue weighted by molar-refractivity contribution is 0.0628. The lowest BCUT2D eigenvalue weighted by Gasteiger charge is -2.40. The Morgan fingerprint density at radius 1 is 1.10 bits per heavy atom. The highest BCUT2D eigenvalue weighted by molar-refractivity contribution is 5.96. The fourth-order valence-corrected chi connectivity index (χ4v) is 4.81. The number of hydrogen-bond acceptors (Lipinski definition) is 5. The molecule has 1 unspecified atom stereocenters. The first-order chi connectivity index (χ1) is 14.1. The SMILES string of the molecule is CN(C)c1ncc2c(n1)C1(CCCN(C(=O)c3cc4ccccc4cn3)C1)CC2. The molecule has 1 spiro atoms. The van der Waals surface area contributed by atoms with Gasteiger partial charge in [-0.15, -0.1) is 0 Å². The number of fused-ring (bicyclic) bond motifs is 3. The Hall–Kier alpha value is -3.02. The molecule has 148 valence electrons. The first-order valence-electron chi connectivity index (χ1n) is 10.2. The molecule has 3 aromatic rings. The monoisotopic (exact) mass is 387 g/mol. The van der Waals surface area contributed by atoms with Crippen LogP contribution in [0, 0.1) is 0 Å². The van der Waals surface area contributed by atoms with Crippen LogP contribution in [0.2, 0.25) is 0 Å². The number of carbonyl (C=O) groups is 1. The molecule has 1 aromatic carbocycles. The molecule has 1 aliphatic heterocycles. The van der Waals surface area contributed by atoms with Crippen molar-refractivity contribution in [1.29, 1.82) is 0 Å². The third-order valence-electron chi connectivity index (χ3n) is 6.34. The number of aromatic nitrogens is 3. The Balaban J connectivity index is 1.45. The summed E-state index contributed by atoms with van der Waals surface area (Å²) in [7, 11) is 3.93. The number of pyridine rings is 1. The summed E-state index contributed by atoms with van der Waals surface area (Å²) in [6, 6.07) is 9.93. The molecular weight excluding hydrogens is 362 g/mol. The molecule has 5 rings (SSSR count). The normalized spacial score (nSPS) is 20.8. The Bertz CT molecular complexity index is 1090. The predicted octanol–water partition coefficient (Wildman–Crippen LogP) is 3.21. The van der Waals surface area contributed by atoms with Gasteiger partial charge in [0.25, 0.3) is 5.91 Å². The molecular formula is C23H25N5O. The minimum atomic E-state index is -0.0617. The molecule has 2 aromatic heterocycles. The second-order valence-electron chi connectivity index (χ2n) is 8.47. The Kier molecular flexibility index (Phi) is 4.23. The minimum Gasteiger partial charge on any atom is -0.347 e. The third kappa shape index (κ3) is 3.03. The number of hydrogen-bond donors (Lipinski definition) is 0. The summed E-state index contributed by atoms with van der Waals surface area (Å²) in [5.74, 6) is 0.759. The lowest BCUT2D eigenvalue weighted by atomic mass is 9.77. The first-order valence-corrected chi connectivity index (χ1v) is 10.2. The minimum absolute atomic E-state index is 0.0187. The smallest absolute Gasteiger partial charge is 0.272 e. The van der Waals surface area contributed by atoms with Crippen LogP contribution < -0.4 is 4.90 Å². The van der Waals surface area contributed by atoms with Crippen molar-refractivity contribution in [3.63, 3.8) is 0 Å². The Labute approximate surface area is 170 Å². The zero-order valence-corrected chi connectivity index (χ0v) is 16.9. The van der Waals surface area contributed by atoms with Gasteiger partial charge in [0.1, 0.15) is 5.69 Å². The van der Waals surface area contributed by atoms with E-state index in [1.807, 2.05) is 60.4 Å². The second kappa shape index (κ2) is 6.79. The molecule has 1 saturated heterocycles. The summed E-state index contributed by atoms with van der Waals surface area (Å²) >= 11 is 0. The van der Waals surface area contributed by atoms with E-state index in [0.29, 0.717) is 12.2 Å². The number of aryl methyl sites for hydroxylation is 1. The number of nitrogens with zero attached hydrogens (tertiary/aromatic N) is 5. The van der Waals surface area contributed by atoms with Crippen LogP contribution >= 0.6 is 0 Å². The van der Waals surface area contributed by atoms with Crippen molar-refractivity contribution in [2.75, 3.05) is 32.1 Å². The topological polar surface area (TPSA) is 62.2 Å². The molecule has 1 amide bonds. The van der Waals surface area contributed by atoms with Gasteiger partial charge in [-0.1, -0.05) is 24.3 Å². The van der Waals surface area contributed by atoms with E-state index in [0.717, 1.165) is 54.6 Å². The molecule has 29 heavy (non-hydrogen) atoms. The van der Waals surface area contributed by atoms with Crippen molar-refractivity contribution in [3.05, 3.63) is 59.7 Å². The van der Waals surface area contributed by atoms with Gasteiger partial charge >= 0.3 is 0 Å². The summed E-state index contributed by atoms with van der Waals surface area (Å²) in [5, 5.41) is 2.10. The standard InChI is InChI=1S/C23H25N5O/c1-27(2)22-25-14-18-8-10-23(20(18)26-22)9-5-11-28(15-23)21(29)19-12-16-6-3-4-7-17(16)13-24-19/h3-4,6-7,12-14H,5,8-11,15H2,1-2H3. The number of piperidine rings is 1. The first kappa shape index (κ1) is 18.0. The van der Waals surface area contributed by atoms with Gasteiger partial charge in [-0.25, -0.2) is 9.97 Å². The van der Waals surface area contributed by atoms with Crippen LogP contribution in [0.4, 0.5) is 5.95 Å². The number of carbonyl (C=O) groups excluding carboxylic acids is 1. The van der Waals surface area contributed by atoms with E-state index in [2.05, 4.69) is 9.97 Å². The number of amides is 1. The van der Waals surface area contributed by atoms with Crippen LogP contribution in [0.15, 0.2) is 42.7 Å². The molecule has 1 atom stereocenters. The maximum absolute atomic E-state index is 13.3. The molecule has 6 nitrogen and oxygen atoms in total. The molecule has 2 aliphatic rings. The van der Waals surface area contributed by atoms with E-state index in [-0.39, 0.29) is 11.3 Å². The van der Waals surface area contributed by atoms with Gasteiger partial charge in [-0.2, -0.15) is 0 Å². The van der Waals surface area contributed by atoms with E-state index in [1.165, 1.54) is 5.56 Å². The molecule has 1 aliphatic carbocycles. The second-order valence-corrected chi connectivity index (χ2v) is 8.47. The average Bonchev–Trinajstić information content (AvgIpc) is 3.10. The number of anilines is 1. The Morgan fingerprint density at radius 2 is 1.93 bits per heavy atom. The lowest BCUT2D eigenvalue weighted by Crippen LogP contribution is -2.48. The van der Waals surface area contributed by atoms with Gasteiger partial charge in [-0.05, 0) is 42.7 Å². The summed E-state index contributed by atoms with van der Waals surface area (Å²) in [6.45, 7) is 1.48. The summed E-state index contributed by atoms with van der Waals surface area (Å²) < 4.78 is 0. The maximum Gasteiger partial charge on any atom is 0.272 e. The molecule has 0 bridgehead atoms. The largest absolute Gasteiger partial charge is 0.347 e. The van der Waals surface area contributed by atoms with Gasteiger partial charge < -0.3 is 9.80 Å². The molecule has 0 saturated carbocycles. The molecule has 0 N–H and O–H groups in total. The van der Waals surface area contributed by atoms with Crippen LogP contribution in [0.5, 0.6) is 0 Å².